The van der Waals surface area contributed by atoms with Crippen LogP contribution in [0.3, 0.4) is 0 Å². The molecule has 33 heavy (non-hydrogen) atoms. The normalized spacial score (nSPS) is 14.8. The van der Waals surface area contributed by atoms with Crippen LogP contribution in [0.15, 0.2) is 48.5 Å². The average molecular weight is 480 g/mol. The van der Waals surface area contributed by atoms with Crippen LogP contribution in [-0.4, -0.2) is 46.5 Å². The summed E-state index contributed by atoms with van der Waals surface area (Å²) in [6.07, 6.45) is -3.43. The van der Waals surface area contributed by atoms with Crippen LogP contribution < -0.4 is 10.2 Å². The van der Waals surface area contributed by atoms with Crippen molar-refractivity contribution in [1.82, 2.24) is 14.3 Å². The molecule has 2 aromatic carbocycles. The van der Waals surface area contributed by atoms with Crippen LogP contribution in [0.1, 0.15) is 23.4 Å². The Morgan fingerprint density at radius 1 is 1.03 bits per heavy atom. The summed E-state index contributed by atoms with van der Waals surface area (Å²) in [6.45, 7) is 1.89. The maximum absolute atomic E-state index is 13.2. The second-order valence-electron chi connectivity index (χ2n) is 7.60. The summed E-state index contributed by atoms with van der Waals surface area (Å²) < 4.78 is 57.1. The van der Waals surface area contributed by atoms with Crippen LogP contribution in [0.4, 0.5) is 33.2 Å². The average Bonchev–Trinajstić information content (AvgIpc) is 3.09. The van der Waals surface area contributed by atoms with Gasteiger partial charge in [-0.2, -0.15) is 17.5 Å². The number of aromatic nitrogens is 2. The number of hydrogen-bond acceptors (Lipinski definition) is 5. The largest absolute Gasteiger partial charge is 0.418 e. The van der Waals surface area contributed by atoms with E-state index in [1.807, 2.05) is 4.90 Å². The van der Waals surface area contributed by atoms with Gasteiger partial charge in [-0.3, -0.25) is 0 Å². The first-order chi connectivity index (χ1) is 15.8. The van der Waals surface area contributed by atoms with Gasteiger partial charge in [-0.15, -0.1) is 0 Å². The highest BCUT2D eigenvalue weighted by atomic mass is 32.1. The number of halogens is 4. The molecule has 6 nitrogen and oxygen atoms in total. The number of carbonyl (C=O) groups excluding carboxylic acids is 1. The zero-order valence-corrected chi connectivity index (χ0v) is 18.3. The van der Waals surface area contributed by atoms with Gasteiger partial charge in [-0.05, 0) is 36.2 Å². The molecule has 2 amide bonds. The van der Waals surface area contributed by atoms with Crippen LogP contribution in [0.25, 0.3) is 0 Å². The maximum atomic E-state index is 13.2. The molecule has 4 rings (SSSR count). The van der Waals surface area contributed by atoms with E-state index < -0.39 is 17.8 Å². The monoisotopic (exact) mass is 479 g/mol. The van der Waals surface area contributed by atoms with Crippen molar-refractivity contribution >= 4 is 28.4 Å². The van der Waals surface area contributed by atoms with Gasteiger partial charge in [0.25, 0.3) is 0 Å². The first-order valence-electron chi connectivity index (χ1n) is 10.3. The molecule has 0 aliphatic carbocycles. The molecule has 1 aliphatic rings. The van der Waals surface area contributed by atoms with Gasteiger partial charge in [-0.1, -0.05) is 24.3 Å². The van der Waals surface area contributed by atoms with E-state index in [4.69, 9.17) is 0 Å². The molecule has 0 bridgehead atoms. The summed E-state index contributed by atoms with van der Waals surface area (Å²) in [5, 5.41) is 3.12. The van der Waals surface area contributed by atoms with Crippen molar-refractivity contribution in [3.63, 3.8) is 0 Å². The highest BCUT2D eigenvalue weighted by molar-refractivity contribution is 7.09. The number of carbonyl (C=O) groups is 1. The first kappa shape index (κ1) is 23.0. The summed E-state index contributed by atoms with van der Waals surface area (Å²) in [4.78, 5) is 20.7. The van der Waals surface area contributed by atoms with Crippen LogP contribution in [0.5, 0.6) is 0 Å². The van der Waals surface area contributed by atoms with Crippen molar-refractivity contribution in [3.8, 4) is 0 Å². The van der Waals surface area contributed by atoms with E-state index in [-0.39, 0.29) is 11.5 Å². The van der Waals surface area contributed by atoms with E-state index in [0.717, 1.165) is 16.8 Å². The number of urea groups is 1. The smallest absolute Gasteiger partial charge is 0.345 e. The maximum Gasteiger partial charge on any atom is 0.418 e. The van der Waals surface area contributed by atoms with Crippen molar-refractivity contribution in [2.24, 2.45) is 0 Å². The van der Waals surface area contributed by atoms with Gasteiger partial charge in [0.1, 0.15) is 11.6 Å². The molecule has 0 saturated carbocycles. The number of alkyl halides is 3. The molecule has 0 radical (unpaired) electrons. The summed E-state index contributed by atoms with van der Waals surface area (Å²) in [7, 11) is 0. The molecule has 1 aromatic heterocycles. The Kier molecular flexibility index (Phi) is 6.77. The van der Waals surface area contributed by atoms with Gasteiger partial charge in [0, 0.05) is 44.1 Å². The van der Waals surface area contributed by atoms with Crippen LogP contribution in [0.2, 0.25) is 0 Å². The number of amides is 2. The lowest BCUT2D eigenvalue weighted by atomic mass is 10.1. The molecule has 2 heterocycles. The molecule has 1 saturated heterocycles. The van der Waals surface area contributed by atoms with Gasteiger partial charge in [-0.25, -0.2) is 14.2 Å². The Bertz CT molecular complexity index is 1100. The number of rotatable bonds is 4. The van der Waals surface area contributed by atoms with E-state index in [2.05, 4.69) is 14.7 Å². The Morgan fingerprint density at radius 2 is 1.79 bits per heavy atom. The summed E-state index contributed by atoms with van der Waals surface area (Å²) in [5.41, 5.74) is -0.235. The Hall–Kier alpha value is -3.21. The predicted octanol–water partition coefficient (Wildman–Crippen LogP) is 5.03. The third-order valence-electron chi connectivity index (χ3n) is 5.26. The second-order valence-corrected chi connectivity index (χ2v) is 8.33. The van der Waals surface area contributed by atoms with Crippen LogP contribution in [-0.2, 0) is 12.6 Å². The van der Waals surface area contributed by atoms with E-state index >= 15 is 0 Å². The minimum Gasteiger partial charge on any atom is -0.345 e. The third kappa shape index (κ3) is 5.78. The fraction of sp³-hybridized carbons (Fsp3) is 0.318. The Morgan fingerprint density at radius 3 is 2.55 bits per heavy atom. The molecule has 174 valence electrons. The number of hydrogen-bond donors (Lipinski definition) is 1. The van der Waals surface area contributed by atoms with Crippen molar-refractivity contribution in [3.05, 3.63) is 71.3 Å². The molecular formula is C22H21F4N5OS. The Balaban J connectivity index is 1.37. The molecule has 3 aromatic rings. The lowest BCUT2D eigenvalue weighted by molar-refractivity contribution is -0.136. The topological polar surface area (TPSA) is 61.4 Å². The first-order valence-corrected chi connectivity index (χ1v) is 11.1. The number of nitrogens with one attached hydrogen (secondary N) is 1. The van der Waals surface area contributed by atoms with Crippen molar-refractivity contribution in [1.29, 1.82) is 0 Å². The van der Waals surface area contributed by atoms with E-state index in [9.17, 15) is 22.4 Å². The fourth-order valence-electron chi connectivity index (χ4n) is 3.58. The zero-order chi connectivity index (χ0) is 23.4. The van der Waals surface area contributed by atoms with Gasteiger partial charge in [0.15, 0.2) is 0 Å². The fourth-order valence-corrected chi connectivity index (χ4v) is 4.31. The highest BCUT2D eigenvalue weighted by Crippen LogP contribution is 2.34. The number of anilines is 2. The molecule has 0 spiro atoms. The minimum atomic E-state index is -4.55. The van der Waals surface area contributed by atoms with E-state index in [1.54, 1.807) is 12.1 Å². The number of para-hydroxylation sites is 1. The summed E-state index contributed by atoms with van der Waals surface area (Å²) >= 11 is 1.25. The molecule has 0 atom stereocenters. The highest BCUT2D eigenvalue weighted by Gasteiger charge is 2.34. The van der Waals surface area contributed by atoms with Crippen molar-refractivity contribution in [2.75, 3.05) is 36.4 Å². The zero-order valence-electron chi connectivity index (χ0n) is 17.5. The van der Waals surface area contributed by atoms with Crippen molar-refractivity contribution in [2.45, 2.75) is 19.0 Å². The lowest BCUT2D eigenvalue weighted by Gasteiger charge is -2.23. The lowest BCUT2D eigenvalue weighted by Crippen LogP contribution is -2.38. The van der Waals surface area contributed by atoms with Gasteiger partial charge in [0.05, 0.1) is 11.3 Å². The second kappa shape index (κ2) is 9.74. The molecule has 11 heteroatoms. The van der Waals surface area contributed by atoms with Gasteiger partial charge in [0.2, 0.25) is 5.13 Å². The van der Waals surface area contributed by atoms with Crippen LogP contribution in [0, 0.1) is 5.82 Å². The summed E-state index contributed by atoms with van der Waals surface area (Å²) in [5.74, 6) is 0.329. The number of benzene rings is 2. The Labute approximate surface area is 192 Å². The van der Waals surface area contributed by atoms with E-state index in [0.29, 0.717) is 44.8 Å². The SMILES string of the molecule is O=C(Nc1ccccc1C(F)(F)F)N1CCCN(c2nc(Cc3ccc(F)cc3)ns2)CC1. The quantitative estimate of drug-likeness (QED) is 0.533. The van der Waals surface area contributed by atoms with Crippen molar-refractivity contribution < 1.29 is 22.4 Å². The minimum absolute atomic E-state index is 0.259. The molecule has 0 unspecified atom stereocenters. The summed E-state index contributed by atoms with van der Waals surface area (Å²) in [6, 6.07) is 10.5. The van der Waals surface area contributed by atoms with Gasteiger partial charge < -0.3 is 15.1 Å². The molecule has 1 aliphatic heterocycles. The van der Waals surface area contributed by atoms with Gasteiger partial charge >= 0.3 is 12.2 Å². The van der Waals surface area contributed by atoms with Crippen LogP contribution >= 0.6 is 11.5 Å². The standard InChI is InChI=1S/C22H21F4N5OS/c23-16-8-6-15(7-9-16)14-19-28-21(33-29-19)31-11-3-10-30(12-13-31)20(32)27-18-5-2-1-4-17(18)22(24,25)26/h1-2,4-9H,3,10-14H2,(H,27,32). The predicted molar refractivity (Wildman–Crippen MR) is 118 cm³/mol. The van der Waals surface area contributed by atoms with E-state index in [1.165, 1.54) is 46.8 Å². The number of nitrogens with zero attached hydrogens (tertiary/aromatic N) is 4. The molecule has 1 fully saturated rings. The molecular weight excluding hydrogens is 458 g/mol. The molecule has 1 N–H and O–H groups in total. The third-order valence-corrected chi connectivity index (χ3v) is 6.08.